The molecule has 0 aromatic heterocycles. The first kappa shape index (κ1) is 15.7. The molecular weight excluding hydrogens is 236 g/mol. The predicted molar refractivity (Wildman–Crippen MR) is 80.0 cm³/mol. The van der Waals surface area contributed by atoms with Crippen molar-refractivity contribution >= 4 is 5.91 Å². The van der Waals surface area contributed by atoms with Gasteiger partial charge in [-0.25, -0.2) is 0 Å². The van der Waals surface area contributed by atoms with Crippen LogP contribution in [-0.2, 0) is 4.79 Å². The smallest absolute Gasteiger partial charge is 0.237 e. The monoisotopic (exact) mass is 262 g/mol. The molecule has 1 aromatic rings. The predicted octanol–water partition coefficient (Wildman–Crippen LogP) is 3.03. The molecule has 3 heteroatoms. The van der Waals surface area contributed by atoms with Crippen LogP contribution in [0.3, 0.4) is 0 Å². The first-order chi connectivity index (χ1) is 8.83. The van der Waals surface area contributed by atoms with Crippen LogP contribution in [0.4, 0.5) is 0 Å². The third kappa shape index (κ3) is 5.43. The summed E-state index contributed by atoms with van der Waals surface area (Å²) in [5.41, 5.74) is 1.03. The first-order valence-electron chi connectivity index (χ1n) is 6.96. The molecular formula is C16H26N2O. The molecule has 0 spiro atoms. The van der Waals surface area contributed by atoms with E-state index in [9.17, 15) is 4.79 Å². The highest BCUT2D eigenvalue weighted by atomic mass is 16.2. The van der Waals surface area contributed by atoms with Crippen molar-refractivity contribution < 1.29 is 4.79 Å². The van der Waals surface area contributed by atoms with Crippen LogP contribution < -0.4 is 10.6 Å². The van der Waals surface area contributed by atoms with E-state index in [1.807, 2.05) is 45.9 Å². The number of hydrogen-bond acceptors (Lipinski definition) is 2. The van der Waals surface area contributed by atoms with Gasteiger partial charge in [-0.2, -0.15) is 0 Å². The number of benzene rings is 1. The molecule has 0 radical (unpaired) electrons. The molecule has 0 saturated carbocycles. The molecule has 3 nitrogen and oxygen atoms in total. The van der Waals surface area contributed by atoms with E-state index in [4.69, 9.17) is 0 Å². The Balaban J connectivity index is 2.64. The SMILES string of the molecule is CCC(NC(C)C(=O)NC(C)(C)C)c1ccccc1. The van der Waals surface area contributed by atoms with Crippen molar-refractivity contribution in [3.8, 4) is 0 Å². The molecule has 2 unspecified atom stereocenters. The van der Waals surface area contributed by atoms with Crippen LogP contribution >= 0.6 is 0 Å². The van der Waals surface area contributed by atoms with Gasteiger partial charge >= 0.3 is 0 Å². The fourth-order valence-corrected chi connectivity index (χ4v) is 1.99. The third-order valence-electron chi connectivity index (χ3n) is 2.95. The summed E-state index contributed by atoms with van der Waals surface area (Å²) in [4.78, 5) is 12.1. The summed E-state index contributed by atoms with van der Waals surface area (Å²) in [5.74, 6) is 0.0434. The number of rotatable bonds is 5. The number of hydrogen-bond donors (Lipinski definition) is 2. The van der Waals surface area contributed by atoms with Crippen LogP contribution in [0.2, 0.25) is 0 Å². The van der Waals surface area contributed by atoms with Gasteiger partial charge in [0.15, 0.2) is 0 Å². The highest BCUT2D eigenvalue weighted by Crippen LogP contribution is 2.16. The second kappa shape index (κ2) is 6.71. The minimum Gasteiger partial charge on any atom is -0.350 e. The molecule has 0 saturated heterocycles. The van der Waals surface area contributed by atoms with Crippen molar-refractivity contribution in [3.05, 3.63) is 35.9 Å². The van der Waals surface area contributed by atoms with Gasteiger partial charge in [0.2, 0.25) is 5.91 Å². The molecule has 0 aliphatic heterocycles. The standard InChI is InChI=1S/C16H26N2O/c1-6-14(13-10-8-7-9-11-13)17-12(2)15(19)18-16(3,4)5/h7-12,14,17H,6H2,1-5H3,(H,18,19). The largest absolute Gasteiger partial charge is 0.350 e. The summed E-state index contributed by atoms with van der Waals surface area (Å²) in [6.45, 7) is 10.0. The van der Waals surface area contributed by atoms with E-state index in [0.29, 0.717) is 0 Å². The number of nitrogens with one attached hydrogen (secondary N) is 2. The van der Waals surface area contributed by atoms with Gasteiger partial charge in [-0.1, -0.05) is 37.3 Å². The molecule has 0 bridgehead atoms. The molecule has 19 heavy (non-hydrogen) atoms. The molecule has 0 heterocycles. The van der Waals surface area contributed by atoms with Gasteiger partial charge in [-0.15, -0.1) is 0 Å². The number of amides is 1. The van der Waals surface area contributed by atoms with Crippen LogP contribution in [0.25, 0.3) is 0 Å². The summed E-state index contributed by atoms with van der Waals surface area (Å²) in [5, 5.41) is 6.39. The minimum atomic E-state index is -0.204. The van der Waals surface area contributed by atoms with Crippen molar-refractivity contribution in [2.75, 3.05) is 0 Å². The normalized spacial score (nSPS) is 14.8. The van der Waals surface area contributed by atoms with E-state index in [1.54, 1.807) is 0 Å². The lowest BCUT2D eigenvalue weighted by atomic mass is 10.0. The van der Waals surface area contributed by atoms with E-state index in [0.717, 1.165) is 6.42 Å². The second-order valence-corrected chi connectivity index (χ2v) is 6.00. The molecule has 1 amide bonds. The maximum absolute atomic E-state index is 12.1. The fourth-order valence-electron chi connectivity index (χ4n) is 1.99. The quantitative estimate of drug-likeness (QED) is 0.856. The van der Waals surface area contributed by atoms with Crippen LogP contribution in [0, 0.1) is 0 Å². The summed E-state index contributed by atoms with van der Waals surface area (Å²) in [7, 11) is 0. The third-order valence-corrected chi connectivity index (χ3v) is 2.95. The Morgan fingerprint density at radius 1 is 1.21 bits per heavy atom. The molecule has 0 aliphatic rings. The zero-order valence-corrected chi connectivity index (χ0v) is 12.7. The highest BCUT2D eigenvalue weighted by molar-refractivity contribution is 5.82. The molecule has 106 valence electrons. The molecule has 2 atom stereocenters. The van der Waals surface area contributed by atoms with Gasteiger partial charge < -0.3 is 5.32 Å². The van der Waals surface area contributed by atoms with Crippen molar-refractivity contribution in [1.29, 1.82) is 0 Å². The summed E-state index contributed by atoms with van der Waals surface area (Å²) in [6, 6.07) is 10.3. The van der Waals surface area contributed by atoms with Gasteiger partial charge in [-0.05, 0) is 39.7 Å². The Bertz CT molecular complexity index is 395. The van der Waals surface area contributed by atoms with Gasteiger partial charge in [0.05, 0.1) is 6.04 Å². The Morgan fingerprint density at radius 3 is 2.26 bits per heavy atom. The number of carbonyl (C=O) groups is 1. The first-order valence-corrected chi connectivity index (χ1v) is 6.96. The Labute approximate surface area is 116 Å². The summed E-state index contributed by atoms with van der Waals surface area (Å²) in [6.07, 6.45) is 0.956. The zero-order chi connectivity index (χ0) is 14.5. The van der Waals surface area contributed by atoms with Crippen LogP contribution in [0.1, 0.15) is 52.6 Å². The lowest BCUT2D eigenvalue weighted by molar-refractivity contribution is -0.124. The molecule has 0 fully saturated rings. The average Bonchev–Trinajstić information content (AvgIpc) is 2.34. The van der Waals surface area contributed by atoms with Crippen molar-refractivity contribution in [3.63, 3.8) is 0 Å². The van der Waals surface area contributed by atoms with Crippen molar-refractivity contribution in [1.82, 2.24) is 10.6 Å². The van der Waals surface area contributed by atoms with E-state index in [2.05, 4.69) is 29.7 Å². The highest BCUT2D eigenvalue weighted by Gasteiger charge is 2.21. The van der Waals surface area contributed by atoms with E-state index >= 15 is 0 Å². The number of carbonyl (C=O) groups excluding carboxylic acids is 1. The second-order valence-electron chi connectivity index (χ2n) is 6.00. The Kier molecular flexibility index (Phi) is 5.55. The molecule has 1 rings (SSSR count). The van der Waals surface area contributed by atoms with Gasteiger partial charge in [0.1, 0.15) is 0 Å². The van der Waals surface area contributed by atoms with Crippen LogP contribution in [0.15, 0.2) is 30.3 Å². The van der Waals surface area contributed by atoms with Crippen LogP contribution in [0.5, 0.6) is 0 Å². The van der Waals surface area contributed by atoms with Gasteiger partial charge in [0.25, 0.3) is 0 Å². The minimum absolute atomic E-state index is 0.0434. The Morgan fingerprint density at radius 2 is 1.79 bits per heavy atom. The lowest BCUT2D eigenvalue weighted by Gasteiger charge is -2.26. The summed E-state index contributed by atoms with van der Waals surface area (Å²) >= 11 is 0. The van der Waals surface area contributed by atoms with E-state index < -0.39 is 0 Å². The van der Waals surface area contributed by atoms with E-state index in [1.165, 1.54) is 5.56 Å². The van der Waals surface area contributed by atoms with Crippen molar-refractivity contribution in [2.24, 2.45) is 0 Å². The molecule has 0 aliphatic carbocycles. The zero-order valence-electron chi connectivity index (χ0n) is 12.7. The van der Waals surface area contributed by atoms with Gasteiger partial charge in [-0.3, -0.25) is 10.1 Å². The van der Waals surface area contributed by atoms with Crippen molar-refractivity contribution in [2.45, 2.75) is 58.7 Å². The Hall–Kier alpha value is -1.35. The summed E-state index contributed by atoms with van der Waals surface area (Å²) < 4.78 is 0. The maximum atomic E-state index is 12.1. The van der Waals surface area contributed by atoms with Crippen LogP contribution in [-0.4, -0.2) is 17.5 Å². The lowest BCUT2D eigenvalue weighted by Crippen LogP contribution is -2.50. The topological polar surface area (TPSA) is 41.1 Å². The van der Waals surface area contributed by atoms with E-state index in [-0.39, 0.29) is 23.5 Å². The average molecular weight is 262 g/mol. The molecule has 1 aromatic carbocycles. The van der Waals surface area contributed by atoms with Gasteiger partial charge in [0, 0.05) is 11.6 Å². The molecule has 2 N–H and O–H groups in total. The fraction of sp³-hybridized carbons (Fsp3) is 0.562. The maximum Gasteiger partial charge on any atom is 0.237 e.